The summed E-state index contributed by atoms with van der Waals surface area (Å²) in [6.45, 7) is 3.66. The van der Waals surface area contributed by atoms with Crippen molar-refractivity contribution in [3.8, 4) is 0 Å². The summed E-state index contributed by atoms with van der Waals surface area (Å²) >= 11 is 0. The van der Waals surface area contributed by atoms with Gasteiger partial charge >= 0.3 is 12.1 Å². The summed E-state index contributed by atoms with van der Waals surface area (Å²) in [5.74, 6) is -1.08. The number of aliphatic carboxylic acids is 1. The molecule has 2 N–H and O–H groups in total. The molecule has 3 aromatic rings. The van der Waals surface area contributed by atoms with Gasteiger partial charge in [0.2, 0.25) is 0 Å². The highest BCUT2D eigenvalue weighted by Gasteiger charge is 2.38. The number of halogens is 3. The lowest BCUT2D eigenvalue weighted by Crippen LogP contribution is -2.37. The fourth-order valence-electron chi connectivity index (χ4n) is 4.11. The Bertz CT molecular complexity index is 1190. The lowest BCUT2D eigenvalue weighted by Gasteiger charge is -2.34. The van der Waals surface area contributed by atoms with Gasteiger partial charge < -0.3 is 19.9 Å². The highest BCUT2D eigenvalue weighted by Crippen LogP contribution is 2.29. The van der Waals surface area contributed by atoms with E-state index >= 15 is 0 Å². The Labute approximate surface area is 191 Å². The third kappa shape index (κ3) is 4.94. The highest BCUT2D eigenvalue weighted by atomic mass is 19.4. The number of nitrogens with zero attached hydrogens (tertiary/aromatic N) is 7. The predicted octanol–water partition coefficient (Wildman–Crippen LogP) is 2.21. The van der Waals surface area contributed by atoms with Crippen LogP contribution in [0, 0.1) is 0 Å². The van der Waals surface area contributed by atoms with E-state index in [1.54, 1.807) is 10.8 Å². The molecule has 1 unspecified atom stereocenters. The van der Waals surface area contributed by atoms with Crippen LogP contribution in [0.4, 0.5) is 19.0 Å². The van der Waals surface area contributed by atoms with Crippen LogP contribution < -0.4 is 10.2 Å². The quantitative estimate of drug-likeness (QED) is 0.584. The van der Waals surface area contributed by atoms with Crippen LogP contribution in [-0.4, -0.2) is 65.1 Å². The van der Waals surface area contributed by atoms with Gasteiger partial charge in [0.05, 0.1) is 6.04 Å². The first kappa shape index (κ1) is 23.4. The average Bonchev–Trinajstić information content (AvgIpc) is 3.54. The van der Waals surface area contributed by atoms with Gasteiger partial charge in [0.25, 0.3) is 5.91 Å². The molecule has 4 heterocycles. The fourth-order valence-corrected chi connectivity index (χ4v) is 4.11. The summed E-state index contributed by atoms with van der Waals surface area (Å²) in [6.07, 6.45) is 2.92. The molecule has 5 rings (SSSR count). The van der Waals surface area contributed by atoms with E-state index in [9.17, 15) is 18.0 Å². The zero-order valence-corrected chi connectivity index (χ0v) is 18.2. The number of imidazole rings is 1. The van der Waals surface area contributed by atoms with Crippen LogP contribution in [0.25, 0.3) is 5.65 Å². The molecule has 14 heteroatoms. The Morgan fingerprint density at radius 3 is 2.56 bits per heavy atom. The lowest BCUT2D eigenvalue weighted by molar-refractivity contribution is -0.192. The standard InChI is InChI=1S/C18H22N8O.C2HF3O2/c1-12-17-21-14(18(27)20-13-4-2-3-5-13)10-24(17)8-9-25(12)16-7-6-15-22-19-11-26(15)23-16;3-2(4,5)1(6)7/h6-7,10-13H,2-5,8-9H2,1H3,(H,20,27);(H,6,7). The molecule has 0 radical (unpaired) electrons. The highest BCUT2D eigenvalue weighted by molar-refractivity contribution is 5.92. The molecule has 3 aromatic heterocycles. The monoisotopic (exact) mass is 480 g/mol. The van der Waals surface area contributed by atoms with Crippen LogP contribution in [-0.2, 0) is 11.3 Å². The number of hydrogen-bond donors (Lipinski definition) is 2. The topological polar surface area (TPSA) is 131 Å². The number of fused-ring (bicyclic) bond motifs is 2. The molecule has 0 spiro atoms. The number of carbonyl (C=O) groups excluding carboxylic acids is 1. The predicted molar refractivity (Wildman–Crippen MR) is 112 cm³/mol. The Balaban J connectivity index is 0.000000344. The molecule has 0 saturated heterocycles. The first-order valence-electron chi connectivity index (χ1n) is 10.7. The normalized spacial score (nSPS) is 18.4. The minimum Gasteiger partial charge on any atom is -0.475 e. The van der Waals surface area contributed by atoms with Gasteiger partial charge in [-0.1, -0.05) is 12.8 Å². The van der Waals surface area contributed by atoms with Gasteiger partial charge in [0, 0.05) is 25.3 Å². The van der Waals surface area contributed by atoms with Crippen LogP contribution >= 0.6 is 0 Å². The fraction of sp³-hybridized carbons (Fsp3) is 0.500. The minimum absolute atomic E-state index is 0.0215. The molecule has 0 aromatic carbocycles. The third-order valence-corrected chi connectivity index (χ3v) is 5.84. The largest absolute Gasteiger partial charge is 0.490 e. The van der Waals surface area contributed by atoms with Crippen molar-refractivity contribution in [2.45, 2.75) is 57.4 Å². The van der Waals surface area contributed by atoms with Gasteiger partial charge in [-0.15, -0.1) is 15.3 Å². The zero-order chi connectivity index (χ0) is 24.5. The van der Waals surface area contributed by atoms with E-state index in [2.05, 4.69) is 42.0 Å². The smallest absolute Gasteiger partial charge is 0.475 e. The number of hydrogen-bond acceptors (Lipinski definition) is 7. The van der Waals surface area contributed by atoms with Crippen molar-refractivity contribution in [2.75, 3.05) is 11.4 Å². The van der Waals surface area contributed by atoms with Crippen molar-refractivity contribution in [1.82, 2.24) is 34.7 Å². The number of amides is 1. The van der Waals surface area contributed by atoms with Crippen molar-refractivity contribution in [1.29, 1.82) is 0 Å². The second kappa shape index (κ2) is 9.27. The third-order valence-electron chi connectivity index (χ3n) is 5.84. The molecule has 1 aliphatic carbocycles. The molecule has 1 fully saturated rings. The van der Waals surface area contributed by atoms with E-state index in [1.807, 2.05) is 18.3 Å². The number of rotatable bonds is 3. The Kier molecular flexibility index (Phi) is 6.39. The summed E-state index contributed by atoms with van der Waals surface area (Å²) in [6, 6.07) is 4.18. The summed E-state index contributed by atoms with van der Waals surface area (Å²) in [4.78, 5) is 28.3. The van der Waals surface area contributed by atoms with E-state index in [-0.39, 0.29) is 11.9 Å². The average molecular weight is 480 g/mol. The van der Waals surface area contributed by atoms with Crippen LogP contribution in [0.1, 0.15) is 55.0 Å². The van der Waals surface area contributed by atoms with E-state index in [0.29, 0.717) is 11.7 Å². The van der Waals surface area contributed by atoms with Crippen molar-refractivity contribution >= 4 is 23.3 Å². The van der Waals surface area contributed by atoms with Crippen molar-refractivity contribution in [2.24, 2.45) is 0 Å². The number of carbonyl (C=O) groups is 2. The van der Waals surface area contributed by atoms with Gasteiger partial charge in [-0.3, -0.25) is 4.79 Å². The van der Waals surface area contributed by atoms with Gasteiger partial charge in [-0.2, -0.15) is 17.7 Å². The van der Waals surface area contributed by atoms with Crippen LogP contribution in [0.3, 0.4) is 0 Å². The molecule has 1 atom stereocenters. The summed E-state index contributed by atoms with van der Waals surface area (Å²) in [5, 5.41) is 22.7. The Hall–Kier alpha value is -3.71. The second-order valence-electron chi connectivity index (χ2n) is 8.13. The molecule has 1 aliphatic heterocycles. The molecule has 2 aliphatic rings. The maximum Gasteiger partial charge on any atom is 0.490 e. The molecule has 182 valence electrons. The number of alkyl halides is 3. The number of aromatic nitrogens is 6. The first-order chi connectivity index (χ1) is 16.1. The number of carboxylic acids is 1. The van der Waals surface area contributed by atoms with Crippen LogP contribution in [0.5, 0.6) is 0 Å². The Morgan fingerprint density at radius 2 is 1.88 bits per heavy atom. The summed E-state index contributed by atoms with van der Waals surface area (Å²) < 4.78 is 35.5. The minimum atomic E-state index is -5.08. The van der Waals surface area contributed by atoms with Crippen molar-refractivity contribution in [3.05, 3.63) is 36.2 Å². The molecular formula is C20H23F3N8O3. The van der Waals surface area contributed by atoms with Crippen LogP contribution in [0.2, 0.25) is 0 Å². The molecule has 1 saturated carbocycles. The molecule has 11 nitrogen and oxygen atoms in total. The van der Waals surface area contributed by atoms with E-state index in [0.717, 1.165) is 43.2 Å². The SMILES string of the molecule is CC1c2nc(C(=O)NC3CCCC3)cn2CCN1c1ccc2nncn2n1.O=C(O)C(F)(F)F. The lowest BCUT2D eigenvalue weighted by atomic mass is 10.2. The summed E-state index contributed by atoms with van der Waals surface area (Å²) in [5.41, 5.74) is 1.23. The number of anilines is 1. The number of nitrogens with one attached hydrogen (secondary N) is 1. The molecule has 1 amide bonds. The molecular weight excluding hydrogens is 457 g/mol. The van der Waals surface area contributed by atoms with Gasteiger partial charge in [0.15, 0.2) is 5.65 Å². The second-order valence-corrected chi connectivity index (χ2v) is 8.13. The van der Waals surface area contributed by atoms with Gasteiger partial charge in [0.1, 0.15) is 23.7 Å². The first-order valence-corrected chi connectivity index (χ1v) is 10.7. The zero-order valence-electron chi connectivity index (χ0n) is 18.2. The summed E-state index contributed by atoms with van der Waals surface area (Å²) in [7, 11) is 0. The van der Waals surface area contributed by atoms with E-state index in [4.69, 9.17) is 9.90 Å². The van der Waals surface area contributed by atoms with Crippen molar-refractivity contribution < 1.29 is 27.9 Å². The van der Waals surface area contributed by atoms with Crippen molar-refractivity contribution in [3.63, 3.8) is 0 Å². The van der Waals surface area contributed by atoms with E-state index < -0.39 is 12.1 Å². The number of carboxylic acid groups (broad SMARTS) is 1. The molecule has 0 bridgehead atoms. The molecule has 34 heavy (non-hydrogen) atoms. The van der Waals surface area contributed by atoms with Gasteiger partial charge in [-0.05, 0) is 31.9 Å². The Morgan fingerprint density at radius 1 is 1.18 bits per heavy atom. The van der Waals surface area contributed by atoms with Gasteiger partial charge in [-0.25, -0.2) is 9.78 Å². The maximum absolute atomic E-state index is 12.6. The van der Waals surface area contributed by atoms with E-state index in [1.165, 1.54) is 12.8 Å². The maximum atomic E-state index is 12.6. The van der Waals surface area contributed by atoms with Crippen LogP contribution in [0.15, 0.2) is 24.7 Å².